The number of nitrogens with zero attached hydrogens (tertiary/aromatic N) is 3. The van der Waals surface area contributed by atoms with E-state index < -0.39 is 5.82 Å². The maximum absolute atomic E-state index is 13.7. The summed E-state index contributed by atoms with van der Waals surface area (Å²) in [6.45, 7) is 7.27. The lowest BCUT2D eigenvalue weighted by atomic mass is 10.1. The number of rotatable bonds is 5. The van der Waals surface area contributed by atoms with Crippen LogP contribution in [0.5, 0.6) is 0 Å². The van der Waals surface area contributed by atoms with Gasteiger partial charge in [0.15, 0.2) is 5.96 Å². The minimum atomic E-state index is -0.406. The van der Waals surface area contributed by atoms with Gasteiger partial charge >= 0.3 is 0 Å². The van der Waals surface area contributed by atoms with Crippen LogP contribution in [0.3, 0.4) is 0 Å². The van der Waals surface area contributed by atoms with E-state index in [9.17, 15) is 8.78 Å². The fraction of sp³-hybridized carbons (Fsp3) is 0.632. The number of hydrogen-bond donors (Lipinski definition) is 1. The third-order valence-corrected chi connectivity index (χ3v) is 5.10. The van der Waals surface area contributed by atoms with E-state index in [4.69, 9.17) is 4.74 Å². The van der Waals surface area contributed by atoms with Gasteiger partial charge in [0, 0.05) is 46.3 Å². The normalized spacial score (nSPS) is 22.0. The summed E-state index contributed by atoms with van der Waals surface area (Å²) < 4.78 is 32.4. The van der Waals surface area contributed by atoms with Crippen LogP contribution in [0, 0.1) is 17.6 Å². The molecular weight excluding hydrogens is 338 g/mol. The van der Waals surface area contributed by atoms with Gasteiger partial charge in [0.2, 0.25) is 0 Å². The number of hydrogen-bond acceptors (Lipinski definition) is 3. The van der Waals surface area contributed by atoms with Gasteiger partial charge in [-0.2, -0.15) is 0 Å². The fourth-order valence-electron chi connectivity index (χ4n) is 3.70. The van der Waals surface area contributed by atoms with Crippen LogP contribution in [0.25, 0.3) is 0 Å². The smallest absolute Gasteiger partial charge is 0.193 e. The van der Waals surface area contributed by atoms with Crippen molar-refractivity contribution in [1.29, 1.82) is 0 Å². The number of benzene rings is 1. The highest BCUT2D eigenvalue weighted by Gasteiger charge is 2.27. The Bertz CT molecular complexity index is 620. The molecule has 1 atom stereocenters. The standard InChI is InChI=1S/C19H28F2N4O/c1-22-19(23-6-4-16-12-17(20)2-3-18(16)21)25-7-5-15(14-25)13-24-8-10-26-11-9-24/h2-3,12,15H,4-11,13-14H2,1H3,(H,22,23). The molecule has 0 saturated carbocycles. The number of nitrogens with one attached hydrogen (secondary N) is 1. The van der Waals surface area contributed by atoms with Crippen LogP contribution < -0.4 is 5.32 Å². The molecule has 1 aromatic carbocycles. The van der Waals surface area contributed by atoms with Crippen LogP contribution >= 0.6 is 0 Å². The summed E-state index contributed by atoms with van der Waals surface area (Å²) in [5.41, 5.74) is 0.388. The van der Waals surface area contributed by atoms with Crippen LogP contribution in [0.4, 0.5) is 8.78 Å². The van der Waals surface area contributed by atoms with E-state index in [-0.39, 0.29) is 5.82 Å². The number of aliphatic imine (C=N–C) groups is 1. The molecule has 0 amide bonds. The molecule has 1 unspecified atom stereocenters. The van der Waals surface area contributed by atoms with E-state index in [2.05, 4.69) is 20.1 Å². The third kappa shape index (κ3) is 5.14. The van der Waals surface area contributed by atoms with E-state index in [0.29, 0.717) is 24.4 Å². The quantitative estimate of drug-likeness (QED) is 0.637. The largest absolute Gasteiger partial charge is 0.379 e. The molecule has 2 saturated heterocycles. The summed E-state index contributed by atoms with van der Waals surface area (Å²) in [5.74, 6) is 0.699. The fourth-order valence-corrected chi connectivity index (χ4v) is 3.70. The second-order valence-corrected chi connectivity index (χ2v) is 6.97. The summed E-state index contributed by atoms with van der Waals surface area (Å²) in [6, 6.07) is 3.58. The third-order valence-electron chi connectivity index (χ3n) is 5.10. The molecule has 2 aliphatic heterocycles. The van der Waals surface area contributed by atoms with E-state index in [1.165, 1.54) is 12.1 Å². The van der Waals surface area contributed by atoms with E-state index in [1.54, 1.807) is 7.05 Å². The van der Waals surface area contributed by atoms with Gasteiger partial charge in [-0.1, -0.05) is 0 Å². The summed E-state index contributed by atoms with van der Waals surface area (Å²) in [5, 5.41) is 3.28. The number of morpholine rings is 1. The Morgan fingerprint density at radius 3 is 2.85 bits per heavy atom. The Kier molecular flexibility index (Phi) is 6.80. The van der Waals surface area contributed by atoms with Crippen molar-refractivity contribution < 1.29 is 13.5 Å². The van der Waals surface area contributed by atoms with Crippen molar-refractivity contribution in [2.24, 2.45) is 10.9 Å². The first-order valence-corrected chi connectivity index (χ1v) is 9.35. The van der Waals surface area contributed by atoms with E-state index in [0.717, 1.165) is 64.4 Å². The first-order valence-electron chi connectivity index (χ1n) is 9.35. The highest BCUT2D eigenvalue weighted by Crippen LogP contribution is 2.18. The Hall–Kier alpha value is -1.73. The van der Waals surface area contributed by atoms with Gasteiger partial charge in [-0.3, -0.25) is 9.89 Å². The first kappa shape index (κ1) is 19.0. The molecule has 1 N–H and O–H groups in total. The molecule has 1 aromatic rings. The summed E-state index contributed by atoms with van der Waals surface area (Å²) >= 11 is 0. The molecule has 2 heterocycles. The van der Waals surface area contributed by atoms with Crippen LogP contribution in [0.15, 0.2) is 23.2 Å². The Morgan fingerprint density at radius 1 is 1.27 bits per heavy atom. The summed E-state index contributed by atoms with van der Waals surface area (Å²) in [4.78, 5) is 9.08. The Balaban J connectivity index is 1.44. The molecule has 7 heteroatoms. The maximum atomic E-state index is 13.7. The zero-order valence-electron chi connectivity index (χ0n) is 15.4. The molecule has 144 valence electrons. The minimum absolute atomic E-state index is 0.366. The predicted octanol–water partition coefficient (Wildman–Crippen LogP) is 1.74. The average molecular weight is 366 g/mol. The van der Waals surface area contributed by atoms with Crippen molar-refractivity contribution in [2.45, 2.75) is 12.8 Å². The Labute approximate surface area is 154 Å². The molecule has 2 aliphatic rings. The average Bonchev–Trinajstić information content (AvgIpc) is 3.10. The van der Waals surface area contributed by atoms with Crippen LogP contribution in [0.2, 0.25) is 0 Å². The molecular formula is C19H28F2N4O. The minimum Gasteiger partial charge on any atom is -0.379 e. The number of guanidine groups is 1. The van der Waals surface area contributed by atoms with Crippen molar-refractivity contribution in [3.8, 4) is 0 Å². The molecule has 0 spiro atoms. The van der Waals surface area contributed by atoms with Crippen molar-refractivity contribution in [3.63, 3.8) is 0 Å². The molecule has 0 bridgehead atoms. The zero-order chi connectivity index (χ0) is 18.4. The molecule has 0 aromatic heterocycles. The van der Waals surface area contributed by atoms with Crippen molar-refractivity contribution >= 4 is 5.96 Å². The summed E-state index contributed by atoms with van der Waals surface area (Å²) in [7, 11) is 1.76. The lowest BCUT2D eigenvalue weighted by Gasteiger charge is -2.29. The number of likely N-dealkylation sites (tertiary alicyclic amines) is 1. The van der Waals surface area contributed by atoms with Gasteiger partial charge in [0.25, 0.3) is 0 Å². The molecule has 0 radical (unpaired) electrons. The van der Waals surface area contributed by atoms with E-state index in [1.807, 2.05) is 0 Å². The molecule has 5 nitrogen and oxygen atoms in total. The van der Waals surface area contributed by atoms with Crippen molar-refractivity contribution in [2.75, 3.05) is 59.5 Å². The molecule has 2 fully saturated rings. The molecule has 3 rings (SSSR count). The van der Waals surface area contributed by atoms with Crippen LogP contribution in [-0.2, 0) is 11.2 Å². The van der Waals surface area contributed by atoms with Gasteiger partial charge in [-0.25, -0.2) is 8.78 Å². The zero-order valence-corrected chi connectivity index (χ0v) is 15.4. The second-order valence-electron chi connectivity index (χ2n) is 6.97. The van der Waals surface area contributed by atoms with Gasteiger partial charge in [0.1, 0.15) is 11.6 Å². The van der Waals surface area contributed by atoms with Crippen LogP contribution in [-0.4, -0.2) is 75.3 Å². The second kappa shape index (κ2) is 9.28. The Morgan fingerprint density at radius 2 is 2.08 bits per heavy atom. The molecule has 0 aliphatic carbocycles. The molecule has 26 heavy (non-hydrogen) atoms. The van der Waals surface area contributed by atoms with Crippen LogP contribution in [0.1, 0.15) is 12.0 Å². The highest BCUT2D eigenvalue weighted by atomic mass is 19.1. The number of halogens is 2. The number of ether oxygens (including phenoxy) is 1. The van der Waals surface area contributed by atoms with E-state index >= 15 is 0 Å². The SMILES string of the molecule is CN=C(NCCc1cc(F)ccc1F)N1CCC(CN2CCOCC2)C1. The van der Waals surface area contributed by atoms with Gasteiger partial charge in [0.05, 0.1) is 13.2 Å². The maximum Gasteiger partial charge on any atom is 0.193 e. The van der Waals surface area contributed by atoms with Gasteiger partial charge in [-0.05, 0) is 42.5 Å². The first-order chi connectivity index (χ1) is 12.7. The summed E-state index contributed by atoms with van der Waals surface area (Å²) in [6.07, 6.45) is 1.57. The van der Waals surface area contributed by atoms with Crippen molar-refractivity contribution in [1.82, 2.24) is 15.1 Å². The topological polar surface area (TPSA) is 40.1 Å². The van der Waals surface area contributed by atoms with Crippen molar-refractivity contribution in [3.05, 3.63) is 35.4 Å². The monoisotopic (exact) mass is 366 g/mol. The van der Waals surface area contributed by atoms with Gasteiger partial charge in [-0.15, -0.1) is 0 Å². The highest BCUT2D eigenvalue weighted by molar-refractivity contribution is 5.80. The lowest BCUT2D eigenvalue weighted by Crippen LogP contribution is -2.42. The predicted molar refractivity (Wildman–Crippen MR) is 98.4 cm³/mol. The van der Waals surface area contributed by atoms with Gasteiger partial charge < -0.3 is 15.0 Å². The lowest BCUT2D eigenvalue weighted by molar-refractivity contribution is 0.0315.